The van der Waals surface area contributed by atoms with Gasteiger partial charge in [0.2, 0.25) is 5.89 Å². The lowest BCUT2D eigenvalue weighted by molar-refractivity contribution is -0.384. The fourth-order valence-electron chi connectivity index (χ4n) is 2.75. The van der Waals surface area contributed by atoms with Crippen molar-refractivity contribution in [1.29, 1.82) is 0 Å². The van der Waals surface area contributed by atoms with Crippen molar-refractivity contribution in [1.82, 2.24) is 15.5 Å². The summed E-state index contributed by atoms with van der Waals surface area (Å²) in [5.74, 6) is -1.33. The first-order chi connectivity index (χ1) is 15.3. The van der Waals surface area contributed by atoms with E-state index in [0.29, 0.717) is 0 Å². The van der Waals surface area contributed by atoms with E-state index in [4.69, 9.17) is 20.8 Å². The Morgan fingerprint density at radius 1 is 1.19 bits per heavy atom. The number of nitro benzene ring substituents is 1. The van der Waals surface area contributed by atoms with Crippen molar-refractivity contribution in [2.45, 2.75) is 26.5 Å². The zero-order valence-corrected chi connectivity index (χ0v) is 17.9. The number of hydrogen-bond donors (Lipinski definition) is 1. The molecule has 0 bridgehead atoms. The molecule has 0 aliphatic carbocycles. The second-order valence-corrected chi connectivity index (χ2v) is 7.50. The standard InChI is InChI=1S/C21H19ClN4O6/c1-12(2)18(23-19(27)14-8-9-15(22)16(10-14)26(29)30)21(28)31-11-17-24-25-20(32-17)13-6-4-3-5-7-13/h3-10,12,18H,11H2,1-2H3,(H,23,27)/t18-/m0/s1. The van der Waals surface area contributed by atoms with Crippen LogP contribution in [0, 0.1) is 16.0 Å². The van der Waals surface area contributed by atoms with Gasteiger partial charge >= 0.3 is 5.97 Å². The molecule has 0 aliphatic heterocycles. The quantitative estimate of drug-likeness (QED) is 0.305. The van der Waals surface area contributed by atoms with E-state index in [-0.39, 0.29) is 34.9 Å². The van der Waals surface area contributed by atoms with E-state index >= 15 is 0 Å². The number of hydrogen-bond acceptors (Lipinski definition) is 8. The number of nitrogens with zero attached hydrogens (tertiary/aromatic N) is 3. The van der Waals surface area contributed by atoms with Crippen molar-refractivity contribution in [3.63, 3.8) is 0 Å². The minimum Gasteiger partial charge on any atom is -0.454 e. The molecule has 32 heavy (non-hydrogen) atoms. The number of benzene rings is 2. The maximum Gasteiger partial charge on any atom is 0.329 e. The molecule has 3 aromatic rings. The highest BCUT2D eigenvalue weighted by Crippen LogP contribution is 2.25. The van der Waals surface area contributed by atoms with Crippen LogP contribution in [0.5, 0.6) is 0 Å². The zero-order chi connectivity index (χ0) is 23.3. The Hall–Kier alpha value is -3.79. The van der Waals surface area contributed by atoms with Gasteiger partial charge in [-0.05, 0) is 30.2 Å². The number of nitrogens with one attached hydrogen (secondary N) is 1. The summed E-state index contributed by atoms with van der Waals surface area (Å²) in [5, 5.41) is 21.3. The molecule has 11 heteroatoms. The average Bonchev–Trinajstić information content (AvgIpc) is 3.25. The molecule has 10 nitrogen and oxygen atoms in total. The minimum absolute atomic E-state index is 0.0102. The van der Waals surface area contributed by atoms with Crippen LogP contribution in [0.2, 0.25) is 5.02 Å². The van der Waals surface area contributed by atoms with Gasteiger partial charge in [-0.25, -0.2) is 4.79 Å². The molecule has 0 radical (unpaired) electrons. The number of amides is 1. The average molecular weight is 459 g/mol. The molecule has 1 aromatic heterocycles. The first-order valence-corrected chi connectivity index (χ1v) is 9.93. The molecule has 0 unspecified atom stereocenters. The topological polar surface area (TPSA) is 137 Å². The Morgan fingerprint density at radius 2 is 1.91 bits per heavy atom. The molecule has 0 aliphatic rings. The smallest absolute Gasteiger partial charge is 0.329 e. The number of esters is 1. The summed E-state index contributed by atoms with van der Waals surface area (Å²) in [5.41, 5.74) is 0.305. The highest BCUT2D eigenvalue weighted by Gasteiger charge is 2.27. The molecule has 1 amide bonds. The molecule has 0 saturated heterocycles. The number of carbonyl (C=O) groups is 2. The number of rotatable bonds is 8. The van der Waals surface area contributed by atoms with Crippen molar-refractivity contribution in [2.75, 3.05) is 0 Å². The van der Waals surface area contributed by atoms with Crippen LogP contribution < -0.4 is 5.32 Å². The fourth-order valence-corrected chi connectivity index (χ4v) is 2.93. The van der Waals surface area contributed by atoms with Crippen LogP contribution in [0.1, 0.15) is 30.1 Å². The lowest BCUT2D eigenvalue weighted by Gasteiger charge is -2.20. The van der Waals surface area contributed by atoms with Gasteiger partial charge in [-0.1, -0.05) is 43.6 Å². The maximum atomic E-state index is 12.6. The number of aromatic nitrogens is 2. The lowest BCUT2D eigenvalue weighted by Crippen LogP contribution is -2.45. The summed E-state index contributed by atoms with van der Waals surface area (Å²) in [4.78, 5) is 35.5. The van der Waals surface area contributed by atoms with E-state index < -0.39 is 28.5 Å². The summed E-state index contributed by atoms with van der Waals surface area (Å²) >= 11 is 5.78. The number of halogens is 1. The molecule has 0 fully saturated rings. The molecular formula is C21H19ClN4O6. The van der Waals surface area contributed by atoms with Crippen molar-refractivity contribution >= 4 is 29.2 Å². The Bertz CT molecular complexity index is 1130. The predicted molar refractivity (Wildman–Crippen MR) is 114 cm³/mol. The molecule has 0 saturated carbocycles. The van der Waals surface area contributed by atoms with Gasteiger partial charge in [0.1, 0.15) is 11.1 Å². The second-order valence-electron chi connectivity index (χ2n) is 7.09. The third-order valence-electron chi connectivity index (χ3n) is 4.44. The third-order valence-corrected chi connectivity index (χ3v) is 4.76. The van der Waals surface area contributed by atoms with E-state index in [9.17, 15) is 19.7 Å². The fraction of sp³-hybridized carbons (Fsp3) is 0.238. The molecular weight excluding hydrogens is 440 g/mol. The summed E-state index contributed by atoms with van der Waals surface area (Å²) in [7, 11) is 0. The Morgan fingerprint density at radius 3 is 2.56 bits per heavy atom. The maximum absolute atomic E-state index is 12.6. The first-order valence-electron chi connectivity index (χ1n) is 9.55. The number of carbonyl (C=O) groups excluding carboxylic acids is 2. The highest BCUT2D eigenvalue weighted by molar-refractivity contribution is 6.32. The van der Waals surface area contributed by atoms with Crippen molar-refractivity contribution in [3.05, 3.63) is 75.1 Å². The SMILES string of the molecule is CC(C)[C@H](NC(=O)c1ccc(Cl)c([N+](=O)[O-])c1)C(=O)OCc1nnc(-c2ccccc2)o1. The highest BCUT2D eigenvalue weighted by atomic mass is 35.5. The van der Waals surface area contributed by atoms with Gasteiger partial charge in [0.25, 0.3) is 17.5 Å². The van der Waals surface area contributed by atoms with Crippen LogP contribution in [0.3, 0.4) is 0 Å². The summed E-state index contributed by atoms with van der Waals surface area (Å²) in [6.07, 6.45) is 0. The summed E-state index contributed by atoms with van der Waals surface area (Å²) in [6, 6.07) is 11.7. The van der Waals surface area contributed by atoms with E-state index in [2.05, 4.69) is 15.5 Å². The molecule has 1 N–H and O–H groups in total. The van der Waals surface area contributed by atoms with Crippen LogP contribution >= 0.6 is 11.6 Å². The Kier molecular flexibility index (Phi) is 7.16. The van der Waals surface area contributed by atoms with Gasteiger partial charge in [-0.3, -0.25) is 14.9 Å². The van der Waals surface area contributed by atoms with Gasteiger partial charge in [-0.15, -0.1) is 10.2 Å². The van der Waals surface area contributed by atoms with Gasteiger partial charge < -0.3 is 14.5 Å². The molecule has 3 rings (SSSR count). The van der Waals surface area contributed by atoms with Gasteiger partial charge in [-0.2, -0.15) is 0 Å². The second kappa shape index (κ2) is 10.0. The van der Waals surface area contributed by atoms with Crippen LogP contribution in [0.25, 0.3) is 11.5 Å². The molecule has 1 atom stereocenters. The Labute approximate surface area is 187 Å². The largest absolute Gasteiger partial charge is 0.454 e. The van der Waals surface area contributed by atoms with E-state index in [1.807, 2.05) is 18.2 Å². The van der Waals surface area contributed by atoms with Crippen LogP contribution in [0.4, 0.5) is 5.69 Å². The first kappa shape index (κ1) is 22.9. The van der Waals surface area contributed by atoms with Gasteiger partial charge in [0.15, 0.2) is 6.61 Å². The zero-order valence-electron chi connectivity index (χ0n) is 17.1. The lowest BCUT2D eigenvalue weighted by atomic mass is 10.0. The normalized spacial score (nSPS) is 11.8. The van der Waals surface area contributed by atoms with E-state index in [0.717, 1.165) is 11.6 Å². The Balaban J connectivity index is 1.65. The number of ether oxygens (including phenoxy) is 1. The van der Waals surface area contributed by atoms with Crippen molar-refractivity contribution in [2.24, 2.45) is 5.92 Å². The molecule has 2 aromatic carbocycles. The third kappa shape index (κ3) is 5.46. The summed E-state index contributed by atoms with van der Waals surface area (Å²) in [6.45, 7) is 3.16. The van der Waals surface area contributed by atoms with Crippen LogP contribution in [-0.2, 0) is 16.1 Å². The van der Waals surface area contributed by atoms with E-state index in [1.165, 1.54) is 12.1 Å². The summed E-state index contributed by atoms with van der Waals surface area (Å²) < 4.78 is 10.7. The minimum atomic E-state index is -1.01. The monoisotopic (exact) mass is 458 g/mol. The molecule has 1 heterocycles. The van der Waals surface area contributed by atoms with Gasteiger partial charge in [0, 0.05) is 17.2 Å². The van der Waals surface area contributed by atoms with Crippen molar-refractivity contribution in [3.8, 4) is 11.5 Å². The van der Waals surface area contributed by atoms with Crippen molar-refractivity contribution < 1.29 is 23.7 Å². The van der Waals surface area contributed by atoms with Crippen LogP contribution in [-0.4, -0.2) is 33.0 Å². The van der Waals surface area contributed by atoms with Gasteiger partial charge in [0.05, 0.1) is 4.92 Å². The predicted octanol–water partition coefficient (Wildman–Crippen LogP) is 3.80. The number of nitro groups is 1. The molecule has 166 valence electrons. The van der Waals surface area contributed by atoms with Crippen LogP contribution in [0.15, 0.2) is 52.9 Å². The molecule has 0 spiro atoms. The van der Waals surface area contributed by atoms with E-state index in [1.54, 1.807) is 26.0 Å².